The van der Waals surface area contributed by atoms with Gasteiger partial charge in [0.05, 0.1) is 6.61 Å². The maximum absolute atomic E-state index is 7.78. The van der Waals surface area contributed by atoms with Gasteiger partial charge in [-0.2, -0.15) is 0 Å². The minimum atomic E-state index is -0.128. The average Bonchev–Trinajstić information content (AvgIpc) is 1.41. The standard InChI is InChI=1S/C2H6O3.K.H/c3-1-2-5-4;;/h3-4H,1-2H2;;/q;+1;-1. The van der Waals surface area contributed by atoms with Crippen LogP contribution in [0.5, 0.6) is 0 Å². The summed E-state index contributed by atoms with van der Waals surface area (Å²) in [5.41, 5.74) is 0. The molecule has 0 amide bonds. The third-order valence-corrected chi connectivity index (χ3v) is 0.183. The van der Waals surface area contributed by atoms with Crippen molar-refractivity contribution in [3.05, 3.63) is 0 Å². The Hall–Kier alpha value is 1.52. The molecule has 0 atom stereocenters. The van der Waals surface area contributed by atoms with Gasteiger partial charge in [-0.25, -0.2) is 4.89 Å². The predicted octanol–water partition coefficient (Wildman–Crippen LogP) is -3.42. The molecule has 0 unspecified atom stereocenters. The predicted molar refractivity (Wildman–Crippen MR) is 16.8 cm³/mol. The van der Waals surface area contributed by atoms with Gasteiger partial charge >= 0.3 is 51.4 Å². The van der Waals surface area contributed by atoms with Crippen molar-refractivity contribution < 1.29 is 68.1 Å². The van der Waals surface area contributed by atoms with Crippen LogP contribution in [0.1, 0.15) is 1.43 Å². The topological polar surface area (TPSA) is 49.7 Å². The second-order valence-electron chi connectivity index (χ2n) is 0.557. The molecule has 0 heterocycles. The van der Waals surface area contributed by atoms with Crippen molar-refractivity contribution >= 4 is 0 Å². The zero-order valence-corrected chi connectivity index (χ0v) is 6.84. The molecule has 0 radical (unpaired) electrons. The molecular weight excluding hydrogens is 111 g/mol. The first-order valence-corrected chi connectivity index (χ1v) is 1.29. The van der Waals surface area contributed by atoms with Gasteiger partial charge in [0.25, 0.3) is 0 Å². The Morgan fingerprint density at radius 3 is 2.17 bits per heavy atom. The summed E-state index contributed by atoms with van der Waals surface area (Å²) >= 11 is 0. The fraction of sp³-hybridized carbons (Fsp3) is 1.00. The maximum Gasteiger partial charge on any atom is 1.00 e. The van der Waals surface area contributed by atoms with Gasteiger partial charge in [-0.05, 0) is 0 Å². The van der Waals surface area contributed by atoms with Crippen LogP contribution in [0.25, 0.3) is 0 Å². The Balaban J connectivity index is -0.0000000800. The molecule has 0 aromatic carbocycles. The van der Waals surface area contributed by atoms with E-state index < -0.39 is 0 Å². The molecule has 0 spiro atoms. The number of aliphatic hydroxyl groups is 1. The van der Waals surface area contributed by atoms with Crippen molar-refractivity contribution in [1.29, 1.82) is 0 Å². The average molecular weight is 118 g/mol. The number of rotatable bonds is 2. The summed E-state index contributed by atoms with van der Waals surface area (Å²) in [7, 11) is 0. The minimum absolute atomic E-state index is 0. The van der Waals surface area contributed by atoms with Crippen LogP contribution in [0.15, 0.2) is 0 Å². The third-order valence-electron chi connectivity index (χ3n) is 0.183. The van der Waals surface area contributed by atoms with E-state index in [1.165, 1.54) is 0 Å². The van der Waals surface area contributed by atoms with Gasteiger partial charge in [-0.15, -0.1) is 0 Å². The molecule has 0 aliphatic carbocycles. The summed E-state index contributed by atoms with van der Waals surface area (Å²) in [5, 5.41) is 15.2. The van der Waals surface area contributed by atoms with E-state index in [1.54, 1.807) is 0 Å². The normalized spacial score (nSPS) is 7.00. The molecular formula is C2H7KO3. The first-order chi connectivity index (χ1) is 2.41. The monoisotopic (exact) mass is 118 g/mol. The maximum atomic E-state index is 7.78. The van der Waals surface area contributed by atoms with Gasteiger partial charge in [0.1, 0.15) is 6.61 Å². The summed E-state index contributed by atoms with van der Waals surface area (Å²) in [6.07, 6.45) is 0. The molecule has 34 valence electrons. The van der Waals surface area contributed by atoms with E-state index in [1.807, 2.05) is 0 Å². The smallest absolute Gasteiger partial charge is 1.00 e. The second-order valence-corrected chi connectivity index (χ2v) is 0.557. The van der Waals surface area contributed by atoms with Gasteiger partial charge in [-0.1, -0.05) is 0 Å². The molecule has 4 heteroatoms. The zero-order chi connectivity index (χ0) is 4.12. The molecule has 0 rings (SSSR count). The Morgan fingerprint density at radius 1 is 1.67 bits per heavy atom. The van der Waals surface area contributed by atoms with Crippen molar-refractivity contribution in [3.8, 4) is 0 Å². The molecule has 2 N–H and O–H groups in total. The van der Waals surface area contributed by atoms with Crippen LogP contribution in [0.3, 0.4) is 0 Å². The minimum Gasteiger partial charge on any atom is -1.00 e. The quantitative estimate of drug-likeness (QED) is 0.225. The summed E-state index contributed by atoms with van der Waals surface area (Å²) in [5.74, 6) is 0. The van der Waals surface area contributed by atoms with E-state index in [0.29, 0.717) is 0 Å². The van der Waals surface area contributed by atoms with Crippen LogP contribution in [-0.2, 0) is 4.89 Å². The van der Waals surface area contributed by atoms with Gasteiger partial charge in [0, 0.05) is 0 Å². The van der Waals surface area contributed by atoms with Crippen LogP contribution in [-0.4, -0.2) is 23.6 Å². The fourth-order valence-electron chi connectivity index (χ4n) is 0.0408. The van der Waals surface area contributed by atoms with Crippen molar-refractivity contribution in [3.63, 3.8) is 0 Å². The van der Waals surface area contributed by atoms with Crippen LogP contribution in [0, 0.1) is 0 Å². The molecule has 6 heavy (non-hydrogen) atoms. The number of hydrogen-bond acceptors (Lipinski definition) is 3. The molecule has 0 bridgehead atoms. The molecule has 0 aromatic rings. The Kier molecular flexibility index (Phi) is 17.0. The van der Waals surface area contributed by atoms with E-state index >= 15 is 0 Å². The van der Waals surface area contributed by atoms with E-state index in [-0.39, 0.29) is 66.0 Å². The van der Waals surface area contributed by atoms with Crippen LogP contribution >= 0.6 is 0 Å². The van der Waals surface area contributed by atoms with E-state index in [2.05, 4.69) is 4.89 Å². The molecule has 0 aromatic heterocycles. The zero-order valence-electron chi connectivity index (χ0n) is 4.72. The van der Waals surface area contributed by atoms with Gasteiger partial charge < -0.3 is 6.53 Å². The van der Waals surface area contributed by atoms with E-state index in [9.17, 15) is 0 Å². The molecule has 0 aliphatic heterocycles. The Bertz CT molecular complexity index is 20.4. The first kappa shape index (κ1) is 10.5. The van der Waals surface area contributed by atoms with Gasteiger partial charge in [-0.3, -0.25) is 5.26 Å². The van der Waals surface area contributed by atoms with Crippen molar-refractivity contribution in [2.75, 3.05) is 13.2 Å². The van der Waals surface area contributed by atoms with Crippen molar-refractivity contribution in [1.82, 2.24) is 0 Å². The fourth-order valence-corrected chi connectivity index (χ4v) is 0.0408. The molecule has 0 saturated heterocycles. The van der Waals surface area contributed by atoms with Crippen molar-refractivity contribution in [2.24, 2.45) is 0 Å². The van der Waals surface area contributed by atoms with E-state index in [0.717, 1.165) is 0 Å². The Morgan fingerprint density at radius 2 is 2.17 bits per heavy atom. The first-order valence-electron chi connectivity index (χ1n) is 1.29. The molecule has 0 aliphatic rings. The summed E-state index contributed by atoms with van der Waals surface area (Å²) < 4.78 is 0. The van der Waals surface area contributed by atoms with E-state index in [4.69, 9.17) is 10.4 Å². The summed E-state index contributed by atoms with van der Waals surface area (Å²) in [6.45, 7) is -0.128. The van der Waals surface area contributed by atoms with Gasteiger partial charge in [0.2, 0.25) is 0 Å². The van der Waals surface area contributed by atoms with Crippen molar-refractivity contribution in [2.45, 2.75) is 0 Å². The van der Waals surface area contributed by atoms with Crippen LogP contribution < -0.4 is 51.4 Å². The summed E-state index contributed by atoms with van der Waals surface area (Å²) in [6, 6.07) is 0. The Labute approximate surface area is 80.1 Å². The van der Waals surface area contributed by atoms with Gasteiger partial charge in [0.15, 0.2) is 0 Å². The largest absolute Gasteiger partial charge is 1.00 e. The third kappa shape index (κ3) is 9.10. The molecule has 3 nitrogen and oxygen atoms in total. The molecule has 0 saturated carbocycles. The molecule has 0 fully saturated rings. The van der Waals surface area contributed by atoms with Crippen LogP contribution in [0.2, 0.25) is 0 Å². The number of hydrogen-bond donors (Lipinski definition) is 2. The SMILES string of the molecule is OCCOO.[H-].[K+]. The second kappa shape index (κ2) is 9.72. The number of aliphatic hydroxyl groups excluding tert-OH is 1. The van der Waals surface area contributed by atoms with Crippen LogP contribution in [0.4, 0.5) is 0 Å². The summed E-state index contributed by atoms with van der Waals surface area (Å²) in [4.78, 5) is 3.44.